The normalized spacial score (nSPS) is 13.2. The van der Waals surface area contributed by atoms with E-state index < -0.39 is 0 Å². The summed E-state index contributed by atoms with van der Waals surface area (Å²) in [6.45, 7) is 4.62. The third-order valence-corrected chi connectivity index (χ3v) is 7.87. The molecular formula is C33H57N2+. The Morgan fingerprint density at radius 3 is 1.69 bits per heavy atom. The summed E-state index contributed by atoms with van der Waals surface area (Å²) in [4.78, 5) is 3.31. The minimum atomic E-state index is 0.607. The van der Waals surface area contributed by atoms with Crippen LogP contribution in [0.2, 0.25) is 0 Å². The molecule has 2 nitrogen and oxygen atoms in total. The molecule has 1 aromatic carbocycles. The molecule has 2 aromatic rings. The molecular weight excluding hydrogens is 424 g/mol. The van der Waals surface area contributed by atoms with Crippen molar-refractivity contribution in [1.29, 1.82) is 0 Å². The predicted octanol–water partition coefficient (Wildman–Crippen LogP) is 10.2. The fourth-order valence-corrected chi connectivity index (χ4v) is 5.69. The first kappa shape index (κ1) is 29.7. The van der Waals surface area contributed by atoms with E-state index in [4.69, 9.17) is 0 Å². The van der Waals surface area contributed by atoms with Gasteiger partial charge >= 0.3 is 0 Å². The summed E-state index contributed by atoms with van der Waals surface area (Å²) in [6, 6.07) is 11.8. The molecule has 0 fully saturated rings. The summed E-state index contributed by atoms with van der Waals surface area (Å²) >= 11 is 0. The maximum atomic E-state index is 3.31. The van der Waals surface area contributed by atoms with Crippen LogP contribution in [0, 0.1) is 5.92 Å². The average Bonchev–Trinajstić information content (AvgIpc) is 3.41. The number of nitrogens with zero attached hydrogens (tertiary/aromatic N) is 1. The van der Waals surface area contributed by atoms with Crippen LogP contribution >= 0.6 is 0 Å². The van der Waals surface area contributed by atoms with Crippen LogP contribution in [0.25, 0.3) is 0 Å². The van der Waals surface area contributed by atoms with Gasteiger partial charge in [-0.15, -0.1) is 0 Å². The number of imidazole rings is 1. The fraction of sp³-hybridized carbons (Fsp3) is 0.727. The smallest absolute Gasteiger partial charge is 0.241 e. The molecule has 198 valence electrons. The first-order chi connectivity index (χ1) is 17.3. The zero-order chi connectivity index (χ0) is 24.8. The van der Waals surface area contributed by atoms with Gasteiger partial charge < -0.3 is 0 Å². The largest absolute Gasteiger partial charge is 0.250 e. The molecule has 0 saturated carbocycles. The highest BCUT2D eigenvalue weighted by molar-refractivity contribution is 5.15. The maximum absolute atomic E-state index is 3.31. The van der Waals surface area contributed by atoms with Crippen molar-refractivity contribution in [2.75, 3.05) is 0 Å². The minimum absolute atomic E-state index is 0.607. The second-order valence-corrected chi connectivity index (χ2v) is 11.0. The molecule has 0 amide bonds. The van der Waals surface area contributed by atoms with Gasteiger partial charge in [-0.3, -0.25) is 4.98 Å². The van der Waals surface area contributed by atoms with E-state index in [1.165, 1.54) is 134 Å². The van der Waals surface area contributed by atoms with Crippen LogP contribution in [0.3, 0.4) is 0 Å². The highest BCUT2D eigenvalue weighted by Crippen LogP contribution is 2.28. The van der Waals surface area contributed by atoms with Gasteiger partial charge in [0.15, 0.2) is 0 Å². The summed E-state index contributed by atoms with van der Waals surface area (Å²) in [6.07, 6.45) is 34.4. The van der Waals surface area contributed by atoms with Gasteiger partial charge in [0.1, 0.15) is 18.4 Å². The molecule has 0 radical (unpaired) electrons. The molecule has 2 heteroatoms. The number of rotatable bonds is 23. The standard InChI is InChI=1S/C33H56N2/c1-3-5-7-8-9-10-11-12-13-14-15-16-17-22-26-33(35-28-27-34-30-35)32(25-19-6-4-2)29-31-23-20-18-21-24-31/h18,20-21,23-24,27-28,30,32-33H,3-17,19,22,25-26,29H2,1-2H3/p+1. The molecule has 2 atom stereocenters. The summed E-state index contributed by atoms with van der Waals surface area (Å²) in [5.41, 5.74) is 1.50. The summed E-state index contributed by atoms with van der Waals surface area (Å²) in [7, 11) is 0. The quantitative estimate of drug-likeness (QED) is 0.120. The summed E-state index contributed by atoms with van der Waals surface area (Å²) in [5, 5.41) is 0. The fourth-order valence-electron chi connectivity index (χ4n) is 5.69. The number of nitrogens with one attached hydrogen (secondary N) is 1. The van der Waals surface area contributed by atoms with E-state index in [0.29, 0.717) is 12.0 Å². The van der Waals surface area contributed by atoms with Gasteiger partial charge in [-0.2, -0.15) is 0 Å². The van der Waals surface area contributed by atoms with Crippen molar-refractivity contribution < 1.29 is 4.57 Å². The molecule has 2 unspecified atom stereocenters. The molecule has 0 aliphatic rings. The molecule has 1 N–H and O–H groups in total. The number of hydrogen-bond acceptors (Lipinski definition) is 0. The van der Waals surface area contributed by atoms with Gasteiger partial charge in [0.05, 0.1) is 0 Å². The molecule has 0 aliphatic carbocycles. The third-order valence-electron chi connectivity index (χ3n) is 7.87. The average molecular weight is 482 g/mol. The SMILES string of the molecule is CCCCCCCCCCCCCCCCC(C(CCCCC)Cc1ccccc1)[n+]1cc[nH]c1. The minimum Gasteiger partial charge on any atom is -0.250 e. The molecule has 0 aliphatic heterocycles. The van der Waals surface area contributed by atoms with Crippen molar-refractivity contribution in [3.63, 3.8) is 0 Å². The van der Waals surface area contributed by atoms with Crippen molar-refractivity contribution in [1.82, 2.24) is 4.98 Å². The number of aromatic nitrogens is 2. The summed E-state index contributed by atoms with van der Waals surface area (Å²) in [5.74, 6) is 0.715. The lowest BCUT2D eigenvalue weighted by molar-refractivity contribution is -0.730. The Morgan fingerprint density at radius 2 is 1.14 bits per heavy atom. The lowest BCUT2D eigenvalue weighted by Crippen LogP contribution is -2.42. The lowest BCUT2D eigenvalue weighted by Gasteiger charge is -2.25. The molecule has 2 rings (SSSR count). The highest BCUT2D eigenvalue weighted by Gasteiger charge is 2.26. The zero-order valence-electron chi connectivity index (χ0n) is 23.4. The Labute approximate surface area is 218 Å². The Kier molecular flexibility index (Phi) is 17.5. The number of aromatic amines is 1. The van der Waals surface area contributed by atoms with Crippen molar-refractivity contribution >= 4 is 0 Å². The molecule has 0 saturated heterocycles. The molecule has 35 heavy (non-hydrogen) atoms. The van der Waals surface area contributed by atoms with Gasteiger partial charge in [-0.05, 0) is 31.2 Å². The van der Waals surface area contributed by atoms with E-state index in [0.717, 1.165) is 0 Å². The Hall–Kier alpha value is -1.57. The van der Waals surface area contributed by atoms with Crippen LogP contribution in [0.1, 0.15) is 147 Å². The maximum Gasteiger partial charge on any atom is 0.241 e. The second kappa shape index (κ2) is 20.6. The first-order valence-corrected chi connectivity index (χ1v) is 15.4. The van der Waals surface area contributed by atoms with E-state index in [-0.39, 0.29) is 0 Å². The van der Waals surface area contributed by atoms with Gasteiger partial charge in [0.2, 0.25) is 6.33 Å². The van der Waals surface area contributed by atoms with Gasteiger partial charge in [0, 0.05) is 5.92 Å². The van der Waals surface area contributed by atoms with E-state index in [2.05, 4.69) is 72.5 Å². The van der Waals surface area contributed by atoms with Gasteiger partial charge in [-0.1, -0.05) is 147 Å². The van der Waals surface area contributed by atoms with Crippen LogP contribution in [0.4, 0.5) is 0 Å². The number of H-pyrrole nitrogens is 1. The van der Waals surface area contributed by atoms with E-state index in [1.807, 2.05) is 0 Å². The first-order valence-electron chi connectivity index (χ1n) is 15.4. The topological polar surface area (TPSA) is 19.7 Å². The van der Waals surface area contributed by atoms with Crippen LogP contribution in [-0.4, -0.2) is 4.98 Å². The Morgan fingerprint density at radius 1 is 0.629 bits per heavy atom. The van der Waals surface area contributed by atoms with E-state index in [1.54, 1.807) is 0 Å². The third kappa shape index (κ3) is 13.9. The predicted molar refractivity (Wildman–Crippen MR) is 153 cm³/mol. The number of benzene rings is 1. The van der Waals surface area contributed by atoms with E-state index in [9.17, 15) is 0 Å². The zero-order valence-corrected chi connectivity index (χ0v) is 23.4. The monoisotopic (exact) mass is 481 g/mol. The number of unbranched alkanes of at least 4 members (excludes halogenated alkanes) is 15. The van der Waals surface area contributed by atoms with Gasteiger partial charge in [0.25, 0.3) is 0 Å². The van der Waals surface area contributed by atoms with Crippen LogP contribution in [0.5, 0.6) is 0 Å². The number of hydrogen-bond donors (Lipinski definition) is 1. The lowest BCUT2D eigenvalue weighted by atomic mass is 9.84. The molecule has 1 aromatic heterocycles. The van der Waals surface area contributed by atoms with Crippen LogP contribution < -0.4 is 4.57 Å². The molecule has 1 heterocycles. The van der Waals surface area contributed by atoms with Crippen molar-refractivity contribution in [2.45, 2.75) is 148 Å². The highest BCUT2D eigenvalue weighted by atomic mass is 15.1. The molecule has 0 bridgehead atoms. The van der Waals surface area contributed by atoms with Crippen molar-refractivity contribution in [3.05, 3.63) is 54.6 Å². The second-order valence-electron chi connectivity index (χ2n) is 11.0. The van der Waals surface area contributed by atoms with E-state index >= 15 is 0 Å². The van der Waals surface area contributed by atoms with Crippen LogP contribution in [0.15, 0.2) is 49.1 Å². The Bertz CT molecular complexity index is 678. The summed E-state index contributed by atoms with van der Waals surface area (Å²) < 4.78 is 2.47. The van der Waals surface area contributed by atoms with Gasteiger partial charge in [-0.25, -0.2) is 4.57 Å². The molecule has 0 spiro atoms. The van der Waals surface area contributed by atoms with Crippen molar-refractivity contribution in [2.24, 2.45) is 5.92 Å². The Balaban J connectivity index is 1.68. The van der Waals surface area contributed by atoms with Crippen molar-refractivity contribution in [3.8, 4) is 0 Å². The van der Waals surface area contributed by atoms with Crippen LogP contribution in [-0.2, 0) is 6.42 Å².